The standard InChI is InChI=1S/C16H16Br2Cl2O2/c1-16(2)10(6-14(19)20)5-13(16)15(21)22-8-9-3-11(17)7-12(18)4-9/h3-4,6-7,10,13H,5,8H2,1-2H3. The van der Waals surface area contributed by atoms with Gasteiger partial charge in [-0.15, -0.1) is 0 Å². The Morgan fingerprint density at radius 3 is 2.41 bits per heavy atom. The van der Waals surface area contributed by atoms with Crippen molar-refractivity contribution in [1.29, 1.82) is 0 Å². The highest BCUT2D eigenvalue weighted by atomic mass is 79.9. The van der Waals surface area contributed by atoms with Crippen LogP contribution in [0, 0.1) is 17.3 Å². The highest BCUT2D eigenvalue weighted by molar-refractivity contribution is 9.11. The molecule has 1 aromatic rings. The molecule has 1 aromatic carbocycles. The van der Waals surface area contributed by atoms with Crippen molar-refractivity contribution < 1.29 is 9.53 Å². The van der Waals surface area contributed by atoms with E-state index >= 15 is 0 Å². The number of benzene rings is 1. The zero-order chi connectivity index (χ0) is 16.5. The minimum Gasteiger partial charge on any atom is -0.461 e. The molecule has 1 aliphatic carbocycles. The van der Waals surface area contributed by atoms with Crippen molar-refractivity contribution in [3.63, 3.8) is 0 Å². The lowest BCUT2D eigenvalue weighted by molar-refractivity contribution is -0.164. The predicted molar refractivity (Wildman–Crippen MR) is 96.8 cm³/mol. The largest absolute Gasteiger partial charge is 0.461 e. The molecule has 2 atom stereocenters. The number of esters is 1. The predicted octanol–water partition coefficient (Wildman–Crippen LogP) is 6.24. The lowest BCUT2D eigenvalue weighted by Gasteiger charge is -2.49. The molecule has 0 aromatic heterocycles. The van der Waals surface area contributed by atoms with Gasteiger partial charge in [0.2, 0.25) is 0 Å². The number of allylic oxidation sites excluding steroid dienone is 1. The molecule has 6 heteroatoms. The molecule has 0 bridgehead atoms. The molecule has 0 saturated heterocycles. The van der Waals surface area contributed by atoms with Crippen molar-refractivity contribution in [2.75, 3.05) is 0 Å². The van der Waals surface area contributed by atoms with Crippen LogP contribution in [0.1, 0.15) is 25.8 Å². The maximum atomic E-state index is 12.3. The summed E-state index contributed by atoms with van der Waals surface area (Å²) in [5.74, 6) is -0.0940. The second-order valence-corrected chi connectivity index (χ2v) is 8.90. The quantitative estimate of drug-likeness (QED) is 0.487. The van der Waals surface area contributed by atoms with Crippen LogP contribution >= 0.6 is 55.1 Å². The molecule has 1 fully saturated rings. The Hall–Kier alpha value is -0.0300. The van der Waals surface area contributed by atoms with Gasteiger partial charge >= 0.3 is 5.97 Å². The van der Waals surface area contributed by atoms with E-state index in [1.54, 1.807) is 6.08 Å². The third-order valence-corrected chi connectivity index (χ3v) is 5.43. The van der Waals surface area contributed by atoms with Crippen molar-refractivity contribution in [1.82, 2.24) is 0 Å². The van der Waals surface area contributed by atoms with E-state index in [0.29, 0.717) is 0 Å². The van der Waals surface area contributed by atoms with Crippen molar-refractivity contribution in [3.8, 4) is 0 Å². The summed E-state index contributed by atoms with van der Waals surface area (Å²) in [5.41, 5.74) is 0.747. The SMILES string of the molecule is CC1(C)C(C=C(Cl)Cl)CC1C(=O)OCc1cc(Br)cc(Br)c1. The molecule has 0 heterocycles. The van der Waals surface area contributed by atoms with Gasteiger partial charge in [0.05, 0.1) is 5.92 Å². The van der Waals surface area contributed by atoms with Crippen LogP contribution in [-0.2, 0) is 16.1 Å². The van der Waals surface area contributed by atoms with E-state index in [9.17, 15) is 4.79 Å². The number of hydrogen-bond acceptors (Lipinski definition) is 2. The summed E-state index contributed by atoms with van der Waals surface area (Å²) in [6.45, 7) is 4.34. The van der Waals surface area contributed by atoms with Gasteiger partial charge in [0.1, 0.15) is 11.1 Å². The summed E-state index contributed by atoms with van der Waals surface area (Å²) in [7, 11) is 0. The van der Waals surface area contributed by atoms with Gasteiger partial charge in [0, 0.05) is 8.95 Å². The van der Waals surface area contributed by atoms with Gasteiger partial charge in [-0.1, -0.05) is 75.0 Å². The van der Waals surface area contributed by atoms with Gasteiger partial charge in [-0.05, 0) is 41.5 Å². The molecular weight excluding hydrogens is 455 g/mol. The molecule has 1 saturated carbocycles. The van der Waals surface area contributed by atoms with Crippen LogP contribution in [-0.4, -0.2) is 5.97 Å². The number of hydrogen-bond donors (Lipinski definition) is 0. The summed E-state index contributed by atoms with van der Waals surface area (Å²) in [5, 5.41) is 0. The maximum absolute atomic E-state index is 12.3. The fraction of sp³-hybridized carbons (Fsp3) is 0.438. The Labute approximate surface area is 157 Å². The van der Waals surface area contributed by atoms with Crippen LogP contribution in [0.2, 0.25) is 0 Å². The number of halogens is 4. The summed E-state index contributed by atoms with van der Waals surface area (Å²) in [6.07, 6.45) is 2.52. The fourth-order valence-electron chi connectivity index (χ4n) is 2.74. The average Bonchev–Trinajstić information content (AvgIpc) is 2.39. The first-order chi connectivity index (χ1) is 10.2. The van der Waals surface area contributed by atoms with E-state index in [-0.39, 0.29) is 34.3 Å². The van der Waals surface area contributed by atoms with Crippen LogP contribution in [0.3, 0.4) is 0 Å². The first-order valence-electron chi connectivity index (χ1n) is 6.84. The van der Waals surface area contributed by atoms with Gasteiger partial charge in [-0.3, -0.25) is 4.79 Å². The first kappa shape index (κ1) is 18.3. The molecule has 0 spiro atoms. The molecule has 22 heavy (non-hydrogen) atoms. The molecule has 120 valence electrons. The van der Waals surface area contributed by atoms with E-state index in [1.165, 1.54) is 0 Å². The average molecular weight is 471 g/mol. The molecule has 0 aliphatic heterocycles. The van der Waals surface area contributed by atoms with E-state index in [4.69, 9.17) is 27.9 Å². The number of rotatable bonds is 4. The molecule has 2 rings (SSSR count). The highest BCUT2D eigenvalue weighted by Crippen LogP contribution is 2.53. The lowest BCUT2D eigenvalue weighted by Crippen LogP contribution is -2.48. The van der Waals surface area contributed by atoms with Gasteiger partial charge in [0.15, 0.2) is 0 Å². The van der Waals surface area contributed by atoms with Crippen LogP contribution in [0.25, 0.3) is 0 Å². The zero-order valence-corrected chi connectivity index (χ0v) is 16.9. The second kappa shape index (κ2) is 7.25. The van der Waals surface area contributed by atoms with E-state index in [2.05, 4.69) is 31.9 Å². The molecule has 0 N–H and O–H groups in total. The molecule has 2 unspecified atom stereocenters. The van der Waals surface area contributed by atoms with Gasteiger partial charge in [0.25, 0.3) is 0 Å². The first-order valence-corrected chi connectivity index (χ1v) is 9.18. The van der Waals surface area contributed by atoms with Crippen LogP contribution in [0.5, 0.6) is 0 Å². The summed E-state index contributed by atoms with van der Waals surface area (Å²) < 4.78 is 7.60. The van der Waals surface area contributed by atoms with Crippen molar-refractivity contribution in [3.05, 3.63) is 43.3 Å². The van der Waals surface area contributed by atoms with Gasteiger partial charge < -0.3 is 4.74 Å². The Bertz CT molecular complexity index is 590. The number of carbonyl (C=O) groups excluding carboxylic acids is 1. The Kier molecular flexibility index (Phi) is 6.03. The monoisotopic (exact) mass is 468 g/mol. The normalized spacial score (nSPS) is 22.6. The van der Waals surface area contributed by atoms with E-state index in [1.807, 2.05) is 32.0 Å². The third kappa shape index (κ3) is 4.28. The van der Waals surface area contributed by atoms with Gasteiger partial charge in [-0.2, -0.15) is 0 Å². The Morgan fingerprint density at radius 1 is 1.32 bits per heavy atom. The summed E-state index contributed by atoms with van der Waals surface area (Å²) in [4.78, 5) is 12.3. The summed E-state index contributed by atoms with van der Waals surface area (Å²) in [6, 6.07) is 5.80. The minimum absolute atomic E-state index is 0.128. The Balaban J connectivity index is 1.95. The van der Waals surface area contributed by atoms with E-state index < -0.39 is 0 Å². The number of ether oxygens (including phenoxy) is 1. The number of carbonyl (C=O) groups is 1. The smallest absolute Gasteiger partial charge is 0.309 e. The second-order valence-electron chi connectivity index (χ2n) is 6.06. The topological polar surface area (TPSA) is 26.3 Å². The Morgan fingerprint density at radius 2 is 1.91 bits per heavy atom. The van der Waals surface area contributed by atoms with Crippen molar-refractivity contribution >= 4 is 61.0 Å². The molecule has 0 radical (unpaired) electrons. The lowest BCUT2D eigenvalue weighted by atomic mass is 9.55. The van der Waals surface area contributed by atoms with E-state index in [0.717, 1.165) is 20.9 Å². The van der Waals surface area contributed by atoms with Crippen molar-refractivity contribution in [2.45, 2.75) is 26.9 Å². The molecule has 0 amide bonds. The van der Waals surface area contributed by atoms with Crippen molar-refractivity contribution in [2.24, 2.45) is 17.3 Å². The van der Waals surface area contributed by atoms with Crippen LogP contribution in [0.4, 0.5) is 0 Å². The highest BCUT2D eigenvalue weighted by Gasteiger charge is 2.51. The zero-order valence-electron chi connectivity index (χ0n) is 12.2. The van der Waals surface area contributed by atoms with Crippen LogP contribution in [0.15, 0.2) is 37.7 Å². The van der Waals surface area contributed by atoms with Crippen LogP contribution < -0.4 is 0 Å². The van der Waals surface area contributed by atoms with Gasteiger partial charge in [-0.25, -0.2) is 0 Å². The fourth-order valence-corrected chi connectivity index (χ4v) is 4.44. The molecule has 1 aliphatic rings. The third-order valence-electron chi connectivity index (χ3n) is 4.26. The maximum Gasteiger partial charge on any atom is 0.309 e. The minimum atomic E-state index is -0.191. The molecule has 2 nitrogen and oxygen atoms in total. The summed E-state index contributed by atoms with van der Waals surface area (Å²) >= 11 is 18.3. The molecular formula is C16H16Br2Cl2O2.